The first-order chi connectivity index (χ1) is 18.1. The van der Waals surface area contributed by atoms with Crippen LogP contribution >= 0.6 is 0 Å². The second kappa shape index (κ2) is 11.7. The molecule has 0 radical (unpaired) electrons. The monoisotopic (exact) mass is 492 g/mol. The summed E-state index contributed by atoms with van der Waals surface area (Å²) in [6.45, 7) is 0. The van der Waals surface area contributed by atoms with Crippen molar-refractivity contribution >= 4 is 11.6 Å². The molecule has 1 aliphatic carbocycles. The van der Waals surface area contributed by atoms with Crippen LogP contribution in [-0.4, -0.2) is 41.9 Å². The van der Waals surface area contributed by atoms with Gasteiger partial charge in [0, 0.05) is 37.6 Å². The van der Waals surface area contributed by atoms with Crippen molar-refractivity contribution in [1.82, 2.24) is 30.4 Å². The van der Waals surface area contributed by atoms with Crippen molar-refractivity contribution in [2.24, 2.45) is 11.8 Å². The third kappa shape index (κ3) is 7.39. The van der Waals surface area contributed by atoms with Crippen molar-refractivity contribution in [1.29, 1.82) is 0 Å². The normalized spacial score (nSPS) is 16.3. The zero-order valence-corrected chi connectivity index (χ0v) is 20.5. The molecule has 1 aliphatic rings. The standard InChI is InChI=1S/C29H28N6O2/c36-28(11-20-3-1-9-30-18-20)16-26-7-5-24(32-34-26)14-22-13-23(22)15-25-6-8-27(35-33-25)17-29(37)12-21-4-2-10-31-19-21/h1-10,18-19,22-23H,11-17H2/t22-,23-/m0/s1. The number of aromatic nitrogens is 6. The SMILES string of the molecule is O=C(Cc1cccnc1)Cc1ccc(C[C@@H]2C[C@H]2Cc2ccc(CC(=O)Cc3cccnc3)nn2)nn1. The molecule has 5 rings (SSSR count). The molecule has 1 fully saturated rings. The maximum atomic E-state index is 12.3. The van der Waals surface area contributed by atoms with Crippen molar-refractivity contribution in [2.45, 2.75) is 44.9 Å². The summed E-state index contributed by atoms with van der Waals surface area (Å²) in [5, 5.41) is 17.2. The van der Waals surface area contributed by atoms with Gasteiger partial charge < -0.3 is 0 Å². The number of rotatable bonds is 12. The second-order valence-electron chi connectivity index (χ2n) is 9.70. The van der Waals surface area contributed by atoms with Gasteiger partial charge >= 0.3 is 0 Å². The van der Waals surface area contributed by atoms with E-state index >= 15 is 0 Å². The Kier molecular flexibility index (Phi) is 7.74. The molecule has 8 heteroatoms. The van der Waals surface area contributed by atoms with Crippen LogP contribution in [-0.2, 0) is 48.1 Å². The molecule has 0 unspecified atom stereocenters. The lowest BCUT2D eigenvalue weighted by atomic mass is 10.1. The summed E-state index contributed by atoms with van der Waals surface area (Å²) in [5.41, 5.74) is 5.10. The lowest BCUT2D eigenvalue weighted by Crippen LogP contribution is -2.09. The van der Waals surface area contributed by atoms with Crippen LogP contribution in [0.4, 0.5) is 0 Å². The predicted molar refractivity (Wildman–Crippen MR) is 136 cm³/mol. The third-order valence-corrected chi connectivity index (χ3v) is 6.57. The summed E-state index contributed by atoms with van der Waals surface area (Å²) in [7, 11) is 0. The van der Waals surface area contributed by atoms with Gasteiger partial charge in [-0.25, -0.2) is 0 Å². The summed E-state index contributed by atoms with van der Waals surface area (Å²) < 4.78 is 0. The number of ketones is 2. The fourth-order valence-corrected chi connectivity index (χ4v) is 4.52. The maximum Gasteiger partial charge on any atom is 0.143 e. The van der Waals surface area contributed by atoms with Gasteiger partial charge in [-0.05, 0) is 78.6 Å². The maximum absolute atomic E-state index is 12.3. The van der Waals surface area contributed by atoms with Crippen molar-refractivity contribution in [3.05, 3.63) is 107 Å². The molecule has 0 aromatic carbocycles. The Morgan fingerprint density at radius 3 is 1.41 bits per heavy atom. The number of carbonyl (C=O) groups is 2. The van der Waals surface area contributed by atoms with E-state index in [4.69, 9.17) is 0 Å². The Balaban J connectivity index is 1.04. The molecular weight excluding hydrogens is 464 g/mol. The summed E-state index contributed by atoms with van der Waals surface area (Å²) >= 11 is 0. The van der Waals surface area contributed by atoms with Crippen LogP contribution in [0, 0.1) is 11.8 Å². The largest absolute Gasteiger partial charge is 0.299 e. The van der Waals surface area contributed by atoms with Gasteiger partial charge in [0.2, 0.25) is 0 Å². The van der Waals surface area contributed by atoms with E-state index < -0.39 is 0 Å². The van der Waals surface area contributed by atoms with E-state index in [9.17, 15) is 9.59 Å². The summed E-state index contributed by atoms with van der Waals surface area (Å²) in [6.07, 6.45) is 10.9. The topological polar surface area (TPSA) is 111 Å². The minimum absolute atomic E-state index is 0.0993. The Morgan fingerprint density at radius 2 is 1.03 bits per heavy atom. The molecular formula is C29H28N6O2. The third-order valence-electron chi connectivity index (χ3n) is 6.57. The smallest absolute Gasteiger partial charge is 0.143 e. The fraction of sp³-hybridized carbons (Fsp3) is 0.310. The van der Waals surface area contributed by atoms with E-state index in [0.717, 1.165) is 41.8 Å². The Morgan fingerprint density at radius 1 is 0.595 bits per heavy atom. The molecule has 4 aromatic rings. The number of pyridine rings is 2. The average Bonchev–Trinajstić information content (AvgIpc) is 3.64. The van der Waals surface area contributed by atoms with Gasteiger partial charge in [-0.1, -0.05) is 12.1 Å². The molecule has 2 atom stereocenters. The average molecular weight is 493 g/mol. The zero-order chi connectivity index (χ0) is 25.5. The molecule has 0 spiro atoms. The second-order valence-corrected chi connectivity index (χ2v) is 9.70. The highest BCUT2D eigenvalue weighted by atomic mass is 16.1. The molecule has 0 amide bonds. The van der Waals surface area contributed by atoms with Gasteiger partial charge in [0.25, 0.3) is 0 Å². The van der Waals surface area contributed by atoms with Gasteiger partial charge in [0.05, 0.1) is 35.6 Å². The molecule has 0 aliphatic heterocycles. The summed E-state index contributed by atoms with van der Waals surface area (Å²) in [4.78, 5) is 32.7. The van der Waals surface area contributed by atoms with Crippen LogP contribution in [0.25, 0.3) is 0 Å². The van der Waals surface area contributed by atoms with Crippen molar-refractivity contribution < 1.29 is 9.59 Å². The molecule has 186 valence electrons. The quantitative estimate of drug-likeness (QED) is 0.296. The van der Waals surface area contributed by atoms with Gasteiger partial charge in [-0.3, -0.25) is 19.6 Å². The van der Waals surface area contributed by atoms with E-state index in [2.05, 4.69) is 30.4 Å². The van der Waals surface area contributed by atoms with E-state index in [1.54, 1.807) is 24.8 Å². The molecule has 4 heterocycles. The molecule has 0 N–H and O–H groups in total. The van der Waals surface area contributed by atoms with Crippen LogP contribution in [0.3, 0.4) is 0 Å². The highest BCUT2D eigenvalue weighted by Crippen LogP contribution is 2.42. The Bertz CT molecular complexity index is 1220. The first-order valence-electron chi connectivity index (χ1n) is 12.5. The Labute approximate surface area is 215 Å². The summed E-state index contributed by atoms with van der Waals surface area (Å²) in [6, 6.07) is 15.2. The Hall–Kier alpha value is -4.20. The van der Waals surface area contributed by atoms with Gasteiger partial charge in [0.1, 0.15) is 11.6 Å². The summed E-state index contributed by atoms with van der Waals surface area (Å²) in [5.74, 6) is 1.30. The molecule has 0 bridgehead atoms. The zero-order valence-electron chi connectivity index (χ0n) is 20.5. The van der Waals surface area contributed by atoms with Gasteiger partial charge in [-0.15, -0.1) is 0 Å². The molecule has 0 saturated heterocycles. The molecule has 4 aromatic heterocycles. The number of hydrogen-bond acceptors (Lipinski definition) is 8. The van der Waals surface area contributed by atoms with E-state index in [1.165, 1.54) is 0 Å². The van der Waals surface area contributed by atoms with E-state index in [-0.39, 0.29) is 24.4 Å². The minimum Gasteiger partial charge on any atom is -0.299 e. The highest BCUT2D eigenvalue weighted by Gasteiger charge is 2.37. The number of nitrogens with zero attached hydrogens (tertiary/aromatic N) is 6. The lowest BCUT2D eigenvalue weighted by Gasteiger charge is -2.04. The highest BCUT2D eigenvalue weighted by molar-refractivity contribution is 5.83. The van der Waals surface area contributed by atoms with Crippen LogP contribution in [0.2, 0.25) is 0 Å². The van der Waals surface area contributed by atoms with Gasteiger partial charge in [0.15, 0.2) is 0 Å². The molecule has 1 saturated carbocycles. The van der Waals surface area contributed by atoms with E-state index in [0.29, 0.717) is 36.1 Å². The molecule has 8 nitrogen and oxygen atoms in total. The van der Waals surface area contributed by atoms with Crippen molar-refractivity contribution in [3.8, 4) is 0 Å². The lowest BCUT2D eigenvalue weighted by molar-refractivity contribution is -0.118. The van der Waals surface area contributed by atoms with Gasteiger partial charge in [-0.2, -0.15) is 20.4 Å². The predicted octanol–water partition coefficient (Wildman–Crippen LogP) is 3.19. The van der Waals surface area contributed by atoms with Crippen molar-refractivity contribution in [3.63, 3.8) is 0 Å². The van der Waals surface area contributed by atoms with Crippen LogP contribution < -0.4 is 0 Å². The molecule has 37 heavy (non-hydrogen) atoms. The van der Waals surface area contributed by atoms with Crippen molar-refractivity contribution in [2.75, 3.05) is 0 Å². The van der Waals surface area contributed by atoms with Crippen LogP contribution in [0.1, 0.15) is 40.3 Å². The number of carbonyl (C=O) groups excluding carboxylic acids is 2. The first-order valence-corrected chi connectivity index (χ1v) is 12.5. The first kappa shape index (κ1) is 24.5. The minimum atomic E-state index is 0.0993. The number of hydrogen-bond donors (Lipinski definition) is 0. The van der Waals surface area contributed by atoms with Crippen LogP contribution in [0.5, 0.6) is 0 Å². The fourth-order valence-electron chi connectivity index (χ4n) is 4.52. The van der Waals surface area contributed by atoms with Crippen LogP contribution in [0.15, 0.2) is 73.3 Å². The number of Topliss-reactive ketones (excluding diaryl/α,β-unsaturated/α-hetero) is 2. The van der Waals surface area contributed by atoms with E-state index in [1.807, 2.05) is 48.5 Å².